The predicted octanol–water partition coefficient (Wildman–Crippen LogP) is 0.772. The van der Waals surface area contributed by atoms with Crippen LogP contribution in [0.25, 0.3) is 0 Å². The highest BCUT2D eigenvalue weighted by atomic mass is 35.5. The first-order chi connectivity index (χ1) is 3.55. The molecular weight excluding hydrogens is 138 g/mol. The molecule has 0 radical (unpaired) electrons. The first-order valence-corrected chi connectivity index (χ1v) is 2.99. The molecular formula is C6H16ClNO. The fourth-order valence-electron chi connectivity index (χ4n) is 0.557. The number of aliphatic hydroxyl groups is 1. The van der Waals surface area contributed by atoms with Crippen LogP contribution in [0.2, 0.25) is 0 Å². The number of hydrogen-bond donors (Lipinski definition) is 2. The van der Waals surface area contributed by atoms with E-state index >= 15 is 0 Å². The maximum atomic E-state index is 8.87. The number of hydrogen-bond acceptors (Lipinski definition) is 2. The van der Waals surface area contributed by atoms with E-state index in [-0.39, 0.29) is 24.6 Å². The SMILES string of the molecule is CC(C)[C@H](N)[C@@H](C)O.Cl. The van der Waals surface area contributed by atoms with Crippen LogP contribution < -0.4 is 5.73 Å². The van der Waals surface area contributed by atoms with Gasteiger partial charge in [-0.15, -0.1) is 12.4 Å². The highest BCUT2D eigenvalue weighted by Gasteiger charge is 2.11. The third-order valence-corrected chi connectivity index (χ3v) is 1.33. The van der Waals surface area contributed by atoms with Gasteiger partial charge in [-0.1, -0.05) is 13.8 Å². The van der Waals surface area contributed by atoms with Gasteiger partial charge in [0.05, 0.1) is 6.10 Å². The molecule has 0 bridgehead atoms. The van der Waals surface area contributed by atoms with Crippen LogP contribution in [0.15, 0.2) is 0 Å². The summed E-state index contributed by atoms with van der Waals surface area (Å²) in [4.78, 5) is 0. The van der Waals surface area contributed by atoms with Crippen LogP contribution in [-0.4, -0.2) is 17.3 Å². The molecule has 0 aromatic heterocycles. The van der Waals surface area contributed by atoms with Crippen LogP contribution >= 0.6 is 12.4 Å². The second kappa shape index (κ2) is 5.03. The predicted molar refractivity (Wildman–Crippen MR) is 41.7 cm³/mol. The van der Waals surface area contributed by atoms with Gasteiger partial charge in [-0.3, -0.25) is 0 Å². The lowest BCUT2D eigenvalue weighted by atomic mass is 10.0. The summed E-state index contributed by atoms with van der Waals surface area (Å²) in [6.45, 7) is 5.71. The molecule has 0 rings (SSSR count). The minimum absolute atomic E-state index is 0. The quantitative estimate of drug-likeness (QED) is 0.616. The van der Waals surface area contributed by atoms with Crippen LogP contribution in [-0.2, 0) is 0 Å². The molecule has 9 heavy (non-hydrogen) atoms. The zero-order valence-corrected chi connectivity index (χ0v) is 6.98. The lowest BCUT2D eigenvalue weighted by molar-refractivity contribution is 0.142. The van der Waals surface area contributed by atoms with Crippen molar-refractivity contribution in [2.24, 2.45) is 11.7 Å². The standard InChI is InChI=1S/C6H15NO.ClH/c1-4(2)6(7)5(3)8;/h4-6,8H,7H2,1-3H3;1H/t5-,6+;/m1./s1. The fourth-order valence-corrected chi connectivity index (χ4v) is 0.557. The van der Waals surface area contributed by atoms with E-state index in [9.17, 15) is 0 Å². The molecule has 0 saturated heterocycles. The third-order valence-electron chi connectivity index (χ3n) is 1.33. The number of halogens is 1. The average molecular weight is 154 g/mol. The molecule has 2 atom stereocenters. The van der Waals surface area contributed by atoms with E-state index in [1.807, 2.05) is 13.8 Å². The second-order valence-corrected chi connectivity index (χ2v) is 2.56. The van der Waals surface area contributed by atoms with Gasteiger partial charge in [0, 0.05) is 6.04 Å². The third kappa shape index (κ3) is 4.70. The lowest BCUT2D eigenvalue weighted by Gasteiger charge is -2.17. The summed E-state index contributed by atoms with van der Waals surface area (Å²) in [7, 11) is 0. The number of nitrogens with two attached hydrogens (primary N) is 1. The Bertz CT molecular complexity index is 58.1. The van der Waals surface area contributed by atoms with E-state index in [0.717, 1.165) is 0 Å². The summed E-state index contributed by atoms with van der Waals surface area (Å²) < 4.78 is 0. The summed E-state index contributed by atoms with van der Waals surface area (Å²) in [6.07, 6.45) is -0.380. The van der Waals surface area contributed by atoms with Crippen LogP contribution in [0.3, 0.4) is 0 Å². The number of rotatable bonds is 2. The van der Waals surface area contributed by atoms with E-state index in [1.54, 1.807) is 6.92 Å². The summed E-state index contributed by atoms with van der Waals surface area (Å²) in [6, 6.07) is -0.0741. The molecule has 2 nitrogen and oxygen atoms in total. The van der Waals surface area contributed by atoms with Crippen LogP contribution in [0.1, 0.15) is 20.8 Å². The van der Waals surface area contributed by atoms with Crippen molar-refractivity contribution in [2.45, 2.75) is 32.9 Å². The van der Waals surface area contributed by atoms with Gasteiger partial charge in [0.1, 0.15) is 0 Å². The molecule has 0 saturated carbocycles. The lowest BCUT2D eigenvalue weighted by Crippen LogP contribution is -2.36. The van der Waals surface area contributed by atoms with E-state index < -0.39 is 0 Å². The van der Waals surface area contributed by atoms with Crippen molar-refractivity contribution < 1.29 is 5.11 Å². The Morgan fingerprint density at radius 1 is 1.22 bits per heavy atom. The van der Waals surface area contributed by atoms with E-state index in [0.29, 0.717) is 5.92 Å². The van der Waals surface area contributed by atoms with Gasteiger partial charge in [-0.25, -0.2) is 0 Å². The van der Waals surface area contributed by atoms with Crippen LogP contribution in [0, 0.1) is 5.92 Å². The zero-order valence-electron chi connectivity index (χ0n) is 6.16. The molecule has 0 unspecified atom stereocenters. The summed E-state index contributed by atoms with van der Waals surface area (Å²) in [5.41, 5.74) is 5.51. The zero-order chi connectivity index (χ0) is 6.73. The maximum Gasteiger partial charge on any atom is 0.0665 e. The molecule has 0 aliphatic rings. The summed E-state index contributed by atoms with van der Waals surface area (Å²) >= 11 is 0. The van der Waals surface area contributed by atoms with Gasteiger partial charge in [-0.05, 0) is 12.8 Å². The Morgan fingerprint density at radius 2 is 1.56 bits per heavy atom. The largest absolute Gasteiger partial charge is 0.392 e. The minimum atomic E-state index is -0.380. The van der Waals surface area contributed by atoms with Crippen LogP contribution in [0.5, 0.6) is 0 Å². The van der Waals surface area contributed by atoms with Gasteiger partial charge in [0.2, 0.25) is 0 Å². The van der Waals surface area contributed by atoms with Crippen molar-refractivity contribution in [1.82, 2.24) is 0 Å². The highest BCUT2D eigenvalue weighted by molar-refractivity contribution is 5.85. The van der Waals surface area contributed by atoms with Crippen molar-refractivity contribution in [1.29, 1.82) is 0 Å². The van der Waals surface area contributed by atoms with Crippen molar-refractivity contribution >= 4 is 12.4 Å². The molecule has 58 valence electrons. The van der Waals surface area contributed by atoms with Gasteiger partial charge >= 0.3 is 0 Å². The molecule has 3 heteroatoms. The Hall–Kier alpha value is 0.210. The fraction of sp³-hybridized carbons (Fsp3) is 1.00. The Morgan fingerprint density at radius 3 is 1.56 bits per heavy atom. The molecule has 0 fully saturated rings. The Labute approximate surface area is 62.9 Å². The minimum Gasteiger partial charge on any atom is -0.392 e. The van der Waals surface area contributed by atoms with Gasteiger partial charge in [-0.2, -0.15) is 0 Å². The second-order valence-electron chi connectivity index (χ2n) is 2.56. The molecule has 0 heterocycles. The maximum absolute atomic E-state index is 8.87. The van der Waals surface area contributed by atoms with Crippen LogP contribution in [0.4, 0.5) is 0 Å². The van der Waals surface area contributed by atoms with Crippen molar-refractivity contribution in [3.8, 4) is 0 Å². The average Bonchev–Trinajstić information content (AvgIpc) is 1.64. The molecule has 0 aliphatic heterocycles. The summed E-state index contributed by atoms with van der Waals surface area (Å²) in [5.74, 6) is 0.370. The van der Waals surface area contributed by atoms with E-state index in [4.69, 9.17) is 10.8 Å². The topological polar surface area (TPSA) is 46.2 Å². The van der Waals surface area contributed by atoms with E-state index in [1.165, 1.54) is 0 Å². The van der Waals surface area contributed by atoms with Crippen molar-refractivity contribution in [3.05, 3.63) is 0 Å². The Kier molecular flexibility index (Phi) is 6.68. The van der Waals surface area contributed by atoms with E-state index in [2.05, 4.69) is 0 Å². The van der Waals surface area contributed by atoms with Gasteiger partial charge < -0.3 is 10.8 Å². The molecule has 0 amide bonds. The van der Waals surface area contributed by atoms with Gasteiger partial charge in [0.25, 0.3) is 0 Å². The first kappa shape index (κ1) is 11.9. The van der Waals surface area contributed by atoms with Gasteiger partial charge in [0.15, 0.2) is 0 Å². The molecule has 0 aliphatic carbocycles. The molecule has 0 aromatic rings. The van der Waals surface area contributed by atoms with Crippen molar-refractivity contribution in [2.75, 3.05) is 0 Å². The van der Waals surface area contributed by atoms with Crippen molar-refractivity contribution in [3.63, 3.8) is 0 Å². The normalized spacial score (nSPS) is 16.7. The Balaban J connectivity index is 0. The molecule has 3 N–H and O–H groups in total. The number of aliphatic hydroxyl groups excluding tert-OH is 1. The monoisotopic (exact) mass is 153 g/mol. The first-order valence-electron chi connectivity index (χ1n) is 2.99. The molecule has 0 spiro atoms. The highest BCUT2D eigenvalue weighted by Crippen LogP contribution is 2.01. The summed E-state index contributed by atoms with van der Waals surface area (Å²) in [5, 5.41) is 8.87. The molecule has 0 aromatic carbocycles. The smallest absolute Gasteiger partial charge is 0.0665 e.